The van der Waals surface area contributed by atoms with Crippen LogP contribution in [0.4, 0.5) is 5.69 Å². The first kappa shape index (κ1) is 21.0. The van der Waals surface area contributed by atoms with Gasteiger partial charge < -0.3 is 10.1 Å². The molecule has 0 saturated carbocycles. The molecule has 4 nitrogen and oxygen atoms in total. The van der Waals surface area contributed by atoms with E-state index >= 15 is 0 Å². The third-order valence-electron chi connectivity index (χ3n) is 3.54. The van der Waals surface area contributed by atoms with Gasteiger partial charge in [-0.2, -0.15) is 0 Å². The number of ether oxygens (including phenoxy) is 1. The smallest absolute Gasteiger partial charge is 0.266 e. The first-order chi connectivity index (χ1) is 12.2. The zero-order valence-electron chi connectivity index (χ0n) is 14.3. The fourth-order valence-electron chi connectivity index (χ4n) is 2.28. The van der Waals surface area contributed by atoms with Gasteiger partial charge in [-0.25, -0.2) is 0 Å². The van der Waals surface area contributed by atoms with E-state index in [1.54, 1.807) is 25.1 Å². The molecule has 0 aromatic heterocycles. The summed E-state index contributed by atoms with van der Waals surface area (Å²) in [6, 6.07) is 8.73. The van der Waals surface area contributed by atoms with Crippen molar-refractivity contribution in [2.45, 2.75) is 26.9 Å². The van der Waals surface area contributed by atoms with E-state index in [1.165, 1.54) is 0 Å². The van der Waals surface area contributed by atoms with E-state index in [0.717, 1.165) is 21.3 Å². The monoisotopic (exact) mass is 474 g/mol. The van der Waals surface area contributed by atoms with Crippen LogP contribution in [-0.4, -0.2) is 17.1 Å². The SMILES string of the molecule is Cc1cc(Br)cc(C)c1NC(=S)NC(=O)C(C)Oc1ccc(Cl)cc1Cl. The maximum absolute atomic E-state index is 12.3. The van der Waals surface area contributed by atoms with Crippen LogP contribution < -0.4 is 15.4 Å². The maximum Gasteiger partial charge on any atom is 0.266 e. The number of thiocarbonyl (C=S) groups is 1. The third-order valence-corrected chi connectivity index (χ3v) is 4.73. The Hall–Kier alpha value is -1.34. The highest BCUT2D eigenvalue weighted by Crippen LogP contribution is 2.28. The van der Waals surface area contributed by atoms with Crippen molar-refractivity contribution in [1.82, 2.24) is 5.32 Å². The van der Waals surface area contributed by atoms with Crippen molar-refractivity contribution in [3.8, 4) is 5.75 Å². The van der Waals surface area contributed by atoms with Gasteiger partial charge in [-0.1, -0.05) is 39.1 Å². The number of amides is 1. The lowest BCUT2D eigenvalue weighted by Crippen LogP contribution is -2.42. The molecule has 1 amide bonds. The number of aryl methyl sites for hydroxylation is 2. The molecule has 0 saturated heterocycles. The highest BCUT2D eigenvalue weighted by Gasteiger charge is 2.18. The molecule has 138 valence electrons. The number of hydrogen-bond acceptors (Lipinski definition) is 3. The number of benzene rings is 2. The Morgan fingerprint density at radius 3 is 2.38 bits per heavy atom. The van der Waals surface area contributed by atoms with Gasteiger partial charge in [-0.15, -0.1) is 0 Å². The van der Waals surface area contributed by atoms with Gasteiger partial charge in [-0.3, -0.25) is 10.1 Å². The van der Waals surface area contributed by atoms with E-state index in [2.05, 4.69) is 26.6 Å². The van der Waals surface area contributed by atoms with Crippen molar-refractivity contribution in [2.75, 3.05) is 5.32 Å². The van der Waals surface area contributed by atoms with Crippen molar-refractivity contribution in [1.29, 1.82) is 0 Å². The average Bonchev–Trinajstić information content (AvgIpc) is 2.53. The van der Waals surface area contributed by atoms with Crippen molar-refractivity contribution in [2.24, 2.45) is 0 Å². The summed E-state index contributed by atoms with van der Waals surface area (Å²) in [5, 5.41) is 6.70. The third kappa shape index (κ3) is 5.58. The summed E-state index contributed by atoms with van der Waals surface area (Å²) in [7, 11) is 0. The van der Waals surface area contributed by atoms with Gasteiger partial charge in [0.1, 0.15) is 5.75 Å². The normalized spacial score (nSPS) is 11.6. The first-order valence-electron chi connectivity index (χ1n) is 7.67. The fourth-order valence-corrected chi connectivity index (χ4v) is 3.62. The molecule has 8 heteroatoms. The Bertz CT molecular complexity index is 838. The van der Waals surface area contributed by atoms with E-state index < -0.39 is 6.10 Å². The minimum atomic E-state index is -0.791. The van der Waals surface area contributed by atoms with Crippen molar-refractivity contribution in [3.63, 3.8) is 0 Å². The molecule has 2 aromatic carbocycles. The highest BCUT2D eigenvalue weighted by atomic mass is 79.9. The molecule has 0 aliphatic rings. The van der Waals surface area contributed by atoms with Gasteiger partial charge in [0, 0.05) is 15.2 Å². The molecule has 1 atom stereocenters. The minimum Gasteiger partial charge on any atom is -0.479 e. The largest absolute Gasteiger partial charge is 0.479 e. The van der Waals surface area contributed by atoms with Crippen LogP contribution in [-0.2, 0) is 4.79 Å². The number of carbonyl (C=O) groups is 1. The number of hydrogen-bond donors (Lipinski definition) is 2. The van der Waals surface area contributed by atoms with Crippen LogP contribution >= 0.6 is 51.3 Å². The molecule has 0 fully saturated rings. The van der Waals surface area contributed by atoms with Gasteiger partial charge in [0.15, 0.2) is 11.2 Å². The number of halogens is 3. The Kier molecular flexibility index (Phi) is 7.29. The Morgan fingerprint density at radius 1 is 1.19 bits per heavy atom. The molecule has 0 aliphatic heterocycles. The Balaban J connectivity index is 1.99. The average molecular weight is 476 g/mol. The predicted molar refractivity (Wildman–Crippen MR) is 115 cm³/mol. The number of anilines is 1. The van der Waals surface area contributed by atoms with Gasteiger partial charge in [-0.05, 0) is 74.4 Å². The number of nitrogens with one attached hydrogen (secondary N) is 2. The zero-order valence-corrected chi connectivity index (χ0v) is 18.2. The molecule has 26 heavy (non-hydrogen) atoms. The van der Waals surface area contributed by atoms with E-state index in [0.29, 0.717) is 15.8 Å². The van der Waals surface area contributed by atoms with Gasteiger partial charge in [0.2, 0.25) is 0 Å². The lowest BCUT2D eigenvalue weighted by molar-refractivity contribution is -0.125. The molecule has 0 aliphatic carbocycles. The summed E-state index contributed by atoms with van der Waals surface area (Å²) in [5.41, 5.74) is 2.87. The van der Waals surface area contributed by atoms with Crippen molar-refractivity contribution >= 4 is 68.1 Å². The van der Waals surface area contributed by atoms with Crippen LogP contribution in [0, 0.1) is 13.8 Å². The zero-order chi connectivity index (χ0) is 19.4. The second-order valence-corrected chi connectivity index (χ2v) is 7.86. The molecular formula is C18H17BrCl2N2O2S. The molecular weight excluding hydrogens is 459 g/mol. The number of carbonyl (C=O) groups excluding carboxylic acids is 1. The van der Waals surface area contributed by atoms with Crippen LogP contribution in [0.5, 0.6) is 5.75 Å². The number of rotatable bonds is 4. The van der Waals surface area contributed by atoms with Crippen molar-refractivity contribution in [3.05, 3.63) is 56.0 Å². The summed E-state index contributed by atoms with van der Waals surface area (Å²) < 4.78 is 6.56. The van der Waals surface area contributed by atoms with Crippen LogP contribution in [0.25, 0.3) is 0 Å². The molecule has 0 bridgehead atoms. The molecule has 2 rings (SSSR count). The topological polar surface area (TPSA) is 50.4 Å². The second-order valence-electron chi connectivity index (χ2n) is 5.69. The maximum atomic E-state index is 12.3. The molecule has 0 radical (unpaired) electrons. The summed E-state index contributed by atoms with van der Waals surface area (Å²) >= 11 is 20.6. The molecule has 2 N–H and O–H groups in total. The molecule has 0 spiro atoms. The van der Waals surface area contributed by atoms with E-state index in [4.69, 9.17) is 40.2 Å². The predicted octanol–water partition coefficient (Wildman–Crippen LogP) is 5.65. The quantitative estimate of drug-likeness (QED) is 0.560. The lowest BCUT2D eigenvalue weighted by Gasteiger charge is -2.18. The van der Waals surface area contributed by atoms with Crippen molar-refractivity contribution < 1.29 is 9.53 Å². The Morgan fingerprint density at radius 2 is 1.81 bits per heavy atom. The Labute approximate surface area is 176 Å². The first-order valence-corrected chi connectivity index (χ1v) is 9.63. The fraction of sp³-hybridized carbons (Fsp3) is 0.222. The second kappa shape index (κ2) is 9.04. The standard InChI is InChI=1S/C18H17BrCl2N2O2S/c1-9-6-12(19)7-10(2)16(9)22-18(26)23-17(24)11(3)25-15-5-4-13(20)8-14(15)21/h4-8,11H,1-3H3,(H2,22,23,24,26). The molecule has 0 heterocycles. The summed E-state index contributed by atoms with van der Waals surface area (Å²) in [4.78, 5) is 12.3. The summed E-state index contributed by atoms with van der Waals surface area (Å²) in [5.74, 6) is -0.0156. The van der Waals surface area contributed by atoms with Crippen LogP contribution in [0.1, 0.15) is 18.1 Å². The molecule has 2 aromatic rings. The summed E-state index contributed by atoms with van der Waals surface area (Å²) in [6.07, 6.45) is -0.791. The van der Waals surface area contributed by atoms with E-state index in [1.807, 2.05) is 26.0 Å². The lowest BCUT2D eigenvalue weighted by atomic mass is 10.1. The van der Waals surface area contributed by atoms with Gasteiger partial charge in [0.25, 0.3) is 5.91 Å². The van der Waals surface area contributed by atoms with Gasteiger partial charge >= 0.3 is 0 Å². The van der Waals surface area contributed by atoms with Crippen LogP contribution in [0.3, 0.4) is 0 Å². The van der Waals surface area contributed by atoms with E-state index in [9.17, 15) is 4.79 Å². The molecule has 1 unspecified atom stereocenters. The summed E-state index contributed by atoms with van der Waals surface area (Å²) in [6.45, 7) is 5.52. The van der Waals surface area contributed by atoms with Gasteiger partial charge in [0.05, 0.1) is 5.02 Å². The van der Waals surface area contributed by atoms with Crippen LogP contribution in [0.2, 0.25) is 10.0 Å². The highest BCUT2D eigenvalue weighted by molar-refractivity contribution is 9.10. The van der Waals surface area contributed by atoms with E-state index in [-0.39, 0.29) is 11.0 Å². The minimum absolute atomic E-state index is 0.196. The van der Waals surface area contributed by atoms with Crippen LogP contribution in [0.15, 0.2) is 34.8 Å².